The fraction of sp³-hybridized carbons (Fsp3) is 0.250. The third-order valence-corrected chi connectivity index (χ3v) is 1.99. The lowest BCUT2D eigenvalue weighted by Gasteiger charge is -2.05. The molecule has 1 amide bonds. The van der Waals surface area contributed by atoms with E-state index in [2.05, 4.69) is 16.6 Å². The van der Waals surface area contributed by atoms with E-state index < -0.39 is 11.6 Å². The molecular formula is C12H12F2N2O. The third-order valence-electron chi connectivity index (χ3n) is 1.99. The molecule has 0 spiro atoms. The van der Waals surface area contributed by atoms with Gasteiger partial charge >= 0.3 is 0 Å². The van der Waals surface area contributed by atoms with Crippen molar-refractivity contribution >= 4 is 5.91 Å². The fourth-order valence-corrected chi connectivity index (χ4v) is 1.16. The van der Waals surface area contributed by atoms with Gasteiger partial charge in [-0.05, 0) is 17.7 Å². The summed E-state index contributed by atoms with van der Waals surface area (Å²) >= 11 is 0. The molecule has 0 atom stereocenters. The van der Waals surface area contributed by atoms with Crippen molar-refractivity contribution in [1.82, 2.24) is 10.6 Å². The van der Waals surface area contributed by atoms with Crippen molar-refractivity contribution in [3.8, 4) is 12.3 Å². The van der Waals surface area contributed by atoms with Crippen molar-refractivity contribution in [1.29, 1.82) is 0 Å². The van der Waals surface area contributed by atoms with Crippen molar-refractivity contribution in [3.05, 3.63) is 35.4 Å². The van der Waals surface area contributed by atoms with Gasteiger partial charge in [0.05, 0.1) is 13.1 Å². The minimum Gasteiger partial charge on any atom is -0.351 e. The normalized spacial score (nSPS) is 9.71. The summed E-state index contributed by atoms with van der Waals surface area (Å²) in [6.07, 6.45) is 4.99. The number of hydrogen-bond acceptors (Lipinski definition) is 2. The van der Waals surface area contributed by atoms with Gasteiger partial charge in [-0.15, -0.1) is 6.42 Å². The van der Waals surface area contributed by atoms with Crippen molar-refractivity contribution in [3.63, 3.8) is 0 Å². The summed E-state index contributed by atoms with van der Waals surface area (Å²) in [6.45, 7) is 0.542. The molecule has 5 heteroatoms. The van der Waals surface area contributed by atoms with Gasteiger partial charge in [0, 0.05) is 6.54 Å². The van der Waals surface area contributed by atoms with Crippen LogP contribution < -0.4 is 10.6 Å². The Morgan fingerprint density at radius 1 is 1.35 bits per heavy atom. The first-order chi connectivity index (χ1) is 8.13. The number of nitrogens with one attached hydrogen (secondary N) is 2. The summed E-state index contributed by atoms with van der Waals surface area (Å²) in [6, 6.07) is 3.48. The Bertz CT molecular complexity index is 441. The van der Waals surface area contributed by atoms with Crippen LogP contribution in [0.15, 0.2) is 18.2 Å². The molecule has 0 aliphatic rings. The Morgan fingerprint density at radius 3 is 2.76 bits per heavy atom. The second-order valence-electron chi connectivity index (χ2n) is 3.33. The lowest BCUT2D eigenvalue weighted by molar-refractivity contribution is -0.120. The van der Waals surface area contributed by atoms with Crippen LogP contribution in [0, 0.1) is 24.0 Å². The minimum atomic E-state index is -0.929. The van der Waals surface area contributed by atoms with Crippen molar-refractivity contribution in [2.45, 2.75) is 6.54 Å². The van der Waals surface area contributed by atoms with E-state index in [9.17, 15) is 13.6 Å². The Labute approximate surface area is 98.2 Å². The van der Waals surface area contributed by atoms with Crippen LogP contribution >= 0.6 is 0 Å². The summed E-state index contributed by atoms with van der Waals surface area (Å²) in [7, 11) is 0. The maximum atomic E-state index is 12.8. The zero-order valence-electron chi connectivity index (χ0n) is 9.09. The van der Waals surface area contributed by atoms with Gasteiger partial charge < -0.3 is 5.32 Å². The number of hydrogen-bond donors (Lipinski definition) is 2. The van der Waals surface area contributed by atoms with E-state index in [-0.39, 0.29) is 19.0 Å². The van der Waals surface area contributed by atoms with E-state index in [4.69, 9.17) is 6.42 Å². The number of carbonyl (C=O) groups is 1. The van der Waals surface area contributed by atoms with Gasteiger partial charge in [0.1, 0.15) is 0 Å². The Morgan fingerprint density at radius 2 is 2.12 bits per heavy atom. The average Bonchev–Trinajstić information content (AvgIpc) is 2.31. The molecule has 0 saturated heterocycles. The Balaban J connectivity index is 2.37. The molecule has 0 heterocycles. The van der Waals surface area contributed by atoms with Crippen LogP contribution in [0.25, 0.3) is 0 Å². The lowest BCUT2D eigenvalue weighted by atomic mass is 10.2. The van der Waals surface area contributed by atoms with Gasteiger partial charge in [0.25, 0.3) is 0 Å². The van der Waals surface area contributed by atoms with Crippen LogP contribution in [-0.2, 0) is 11.3 Å². The minimum absolute atomic E-state index is 0.0911. The lowest BCUT2D eigenvalue weighted by Crippen LogP contribution is -2.33. The Hall–Kier alpha value is -1.93. The van der Waals surface area contributed by atoms with Gasteiger partial charge in [-0.2, -0.15) is 0 Å². The monoisotopic (exact) mass is 238 g/mol. The molecule has 0 aromatic heterocycles. The predicted octanol–water partition coefficient (Wildman–Crippen LogP) is 0.804. The molecule has 3 nitrogen and oxygen atoms in total. The summed E-state index contributed by atoms with van der Waals surface area (Å²) in [5, 5.41) is 5.25. The van der Waals surface area contributed by atoms with E-state index in [1.54, 1.807) is 0 Å². The molecule has 0 radical (unpaired) electrons. The number of benzene rings is 1. The topological polar surface area (TPSA) is 41.1 Å². The first kappa shape index (κ1) is 13.1. The smallest absolute Gasteiger partial charge is 0.234 e. The average molecular weight is 238 g/mol. The van der Waals surface area contributed by atoms with E-state index in [0.717, 1.165) is 12.1 Å². The van der Waals surface area contributed by atoms with Crippen molar-refractivity contribution < 1.29 is 13.6 Å². The highest BCUT2D eigenvalue weighted by Crippen LogP contribution is 2.08. The molecule has 1 aromatic rings. The SMILES string of the molecule is C#CCNCC(=O)NCc1ccc(F)c(F)c1. The predicted molar refractivity (Wildman–Crippen MR) is 59.9 cm³/mol. The Kier molecular flexibility index (Phi) is 5.11. The molecule has 0 bridgehead atoms. The molecule has 90 valence electrons. The highest BCUT2D eigenvalue weighted by Gasteiger charge is 2.04. The van der Waals surface area contributed by atoms with Gasteiger partial charge in [0.15, 0.2) is 11.6 Å². The molecule has 1 aromatic carbocycles. The molecule has 1 rings (SSSR count). The van der Waals surface area contributed by atoms with Crippen LogP contribution in [-0.4, -0.2) is 19.0 Å². The van der Waals surface area contributed by atoms with Crippen LogP contribution in [0.5, 0.6) is 0 Å². The summed E-state index contributed by atoms with van der Waals surface area (Å²) in [4.78, 5) is 11.2. The second kappa shape index (κ2) is 6.61. The van der Waals surface area contributed by atoms with Gasteiger partial charge in [-0.1, -0.05) is 12.0 Å². The van der Waals surface area contributed by atoms with Gasteiger partial charge in [0.2, 0.25) is 5.91 Å². The summed E-state index contributed by atoms with van der Waals surface area (Å²) in [5.74, 6) is 0.234. The van der Waals surface area contributed by atoms with E-state index in [0.29, 0.717) is 12.1 Å². The maximum Gasteiger partial charge on any atom is 0.234 e. The van der Waals surface area contributed by atoms with E-state index in [1.165, 1.54) is 6.07 Å². The molecule has 0 saturated carbocycles. The van der Waals surface area contributed by atoms with Crippen LogP contribution in [0.1, 0.15) is 5.56 Å². The first-order valence-corrected chi connectivity index (χ1v) is 4.98. The fourth-order valence-electron chi connectivity index (χ4n) is 1.16. The number of rotatable bonds is 5. The van der Waals surface area contributed by atoms with E-state index >= 15 is 0 Å². The van der Waals surface area contributed by atoms with E-state index in [1.807, 2.05) is 0 Å². The number of halogens is 2. The molecule has 0 aliphatic carbocycles. The second-order valence-corrected chi connectivity index (χ2v) is 3.33. The largest absolute Gasteiger partial charge is 0.351 e. The van der Waals surface area contributed by atoms with Crippen LogP contribution in [0.2, 0.25) is 0 Å². The standard InChI is InChI=1S/C12H12F2N2O/c1-2-5-15-8-12(17)16-7-9-3-4-10(13)11(14)6-9/h1,3-4,6,15H,5,7-8H2,(H,16,17). The van der Waals surface area contributed by atoms with Crippen LogP contribution in [0.4, 0.5) is 8.78 Å². The quantitative estimate of drug-likeness (QED) is 0.588. The zero-order chi connectivity index (χ0) is 12.7. The zero-order valence-corrected chi connectivity index (χ0v) is 9.09. The molecule has 17 heavy (non-hydrogen) atoms. The van der Waals surface area contributed by atoms with Crippen molar-refractivity contribution in [2.24, 2.45) is 0 Å². The number of terminal acetylenes is 1. The molecule has 0 aliphatic heterocycles. The third kappa shape index (κ3) is 4.62. The summed E-state index contributed by atoms with van der Waals surface area (Å²) < 4.78 is 25.4. The highest BCUT2D eigenvalue weighted by molar-refractivity contribution is 5.77. The first-order valence-electron chi connectivity index (χ1n) is 4.98. The molecule has 0 fully saturated rings. The molecular weight excluding hydrogens is 226 g/mol. The van der Waals surface area contributed by atoms with Gasteiger partial charge in [-0.3, -0.25) is 10.1 Å². The van der Waals surface area contributed by atoms with Crippen LogP contribution in [0.3, 0.4) is 0 Å². The maximum absolute atomic E-state index is 12.8. The van der Waals surface area contributed by atoms with Gasteiger partial charge in [-0.25, -0.2) is 8.78 Å². The number of carbonyl (C=O) groups excluding carboxylic acids is 1. The molecule has 2 N–H and O–H groups in total. The van der Waals surface area contributed by atoms with Crippen molar-refractivity contribution in [2.75, 3.05) is 13.1 Å². The summed E-state index contributed by atoms with van der Waals surface area (Å²) in [5.41, 5.74) is 0.495. The number of amides is 1. The molecule has 0 unspecified atom stereocenters. The highest BCUT2D eigenvalue weighted by atomic mass is 19.2.